The van der Waals surface area contributed by atoms with Crippen LogP contribution in [-0.4, -0.2) is 12.8 Å². The molecular weight excluding hydrogens is 235 g/mol. The molecule has 1 rings (SSSR count). The quantitative estimate of drug-likeness (QED) is 0.824. The van der Waals surface area contributed by atoms with Gasteiger partial charge in [0.1, 0.15) is 0 Å². The van der Waals surface area contributed by atoms with Crippen LogP contribution in [0.15, 0.2) is 18.2 Å². The van der Waals surface area contributed by atoms with Crippen molar-refractivity contribution < 1.29 is 22.7 Å². The highest BCUT2D eigenvalue weighted by Gasteiger charge is 2.32. The Kier molecular flexibility index (Phi) is 3.41. The number of ether oxygens (including phenoxy) is 1. The first-order valence-corrected chi connectivity index (χ1v) is 4.05. The van der Waals surface area contributed by atoms with E-state index in [1.165, 1.54) is 6.07 Å². The molecule has 0 bridgehead atoms. The lowest BCUT2D eigenvalue weighted by Crippen LogP contribution is -2.18. The molecule has 1 N–H and O–H groups in total. The monoisotopic (exact) mass is 239 g/mol. The van der Waals surface area contributed by atoms with Gasteiger partial charge >= 0.3 is 6.36 Å². The summed E-state index contributed by atoms with van der Waals surface area (Å²) in [5.41, 5.74) is -0.144. The molecule has 0 aliphatic carbocycles. The van der Waals surface area contributed by atoms with Gasteiger partial charge < -0.3 is 10.1 Å². The predicted octanol–water partition coefficient (Wildman–Crippen LogP) is 2.81. The van der Waals surface area contributed by atoms with Crippen LogP contribution in [0.2, 0.25) is 5.02 Å². The molecule has 0 radical (unpaired) electrons. The summed E-state index contributed by atoms with van der Waals surface area (Å²) < 4.78 is 39.3. The third kappa shape index (κ3) is 3.67. The van der Waals surface area contributed by atoms with Gasteiger partial charge in [0.15, 0.2) is 5.75 Å². The van der Waals surface area contributed by atoms with Crippen molar-refractivity contribution in [2.45, 2.75) is 6.36 Å². The molecule has 0 aliphatic heterocycles. The normalized spacial score (nSPS) is 10.9. The molecule has 0 unspecified atom stereocenters. The molecule has 7 heteroatoms. The van der Waals surface area contributed by atoms with Gasteiger partial charge in [0.25, 0.3) is 0 Å². The van der Waals surface area contributed by atoms with Gasteiger partial charge in [-0.15, -0.1) is 13.2 Å². The van der Waals surface area contributed by atoms with Crippen molar-refractivity contribution in [3.05, 3.63) is 23.2 Å². The van der Waals surface area contributed by atoms with Gasteiger partial charge in [0.05, 0.1) is 5.69 Å². The first kappa shape index (κ1) is 11.6. The van der Waals surface area contributed by atoms with E-state index >= 15 is 0 Å². The van der Waals surface area contributed by atoms with Gasteiger partial charge in [-0.2, -0.15) is 0 Å². The Bertz CT molecular complexity index is 367. The van der Waals surface area contributed by atoms with E-state index in [4.69, 9.17) is 11.6 Å². The SMILES string of the molecule is O=CNc1cc(Cl)ccc1OC(F)(F)F. The Hall–Kier alpha value is -1.43. The number of anilines is 1. The summed E-state index contributed by atoms with van der Waals surface area (Å²) in [6, 6.07) is 3.39. The minimum absolute atomic E-state index is 0.144. The van der Waals surface area contributed by atoms with Gasteiger partial charge in [0, 0.05) is 5.02 Å². The van der Waals surface area contributed by atoms with Crippen LogP contribution in [0.1, 0.15) is 0 Å². The third-order valence-corrected chi connectivity index (χ3v) is 1.62. The second-order valence-electron chi connectivity index (χ2n) is 2.45. The maximum atomic E-state index is 11.9. The largest absolute Gasteiger partial charge is 0.573 e. The van der Waals surface area contributed by atoms with E-state index in [-0.39, 0.29) is 17.1 Å². The molecule has 1 amide bonds. The zero-order valence-corrected chi connectivity index (χ0v) is 7.89. The molecule has 0 atom stereocenters. The standard InChI is InChI=1S/C8H5ClF3NO2/c9-5-1-2-7(15-8(10,11)12)6(3-5)13-4-14/h1-4H,(H,13,14). The number of rotatable bonds is 3. The maximum Gasteiger partial charge on any atom is 0.573 e. The summed E-state index contributed by atoms with van der Waals surface area (Å²) in [6.45, 7) is 0. The van der Waals surface area contributed by atoms with Gasteiger partial charge in [0.2, 0.25) is 6.41 Å². The summed E-state index contributed by atoms with van der Waals surface area (Å²) >= 11 is 5.53. The van der Waals surface area contributed by atoms with E-state index in [1.54, 1.807) is 0 Å². The van der Waals surface area contributed by atoms with Gasteiger partial charge in [-0.1, -0.05) is 11.6 Å². The lowest BCUT2D eigenvalue weighted by molar-refractivity contribution is -0.274. The minimum atomic E-state index is -4.81. The Morgan fingerprint density at radius 3 is 2.60 bits per heavy atom. The summed E-state index contributed by atoms with van der Waals surface area (Å²) in [5.74, 6) is -0.515. The number of halogens is 4. The van der Waals surface area contributed by atoms with Crippen LogP contribution in [0.3, 0.4) is 0 Å². The van der Waals surface area contributed by atoms with Crippen LogP contribution in [0, 0.1) is 0 Å². The zero-order valence-electron chi connectivity index (χ0n) is 7.14. The summed E-state index contributed by atoms with van der Waals surface area (Å²) in [4.78, 5) is 10.1. The number of alkyl halides is 3. The zero-order chi connectivity index (χ0) is 11.5. The van der Waals surface area contributed by atoms with Crippen molar-refractivity contribution in [2.75, 3.05) is 5.32 Å². The minimum Gasteiger partial charge on any atom is -0.404 e. The lowest BCUT2D eigenvalue weighted by Gasteiger charge is -2.12. The molecule has 0 aliphatic rings. The van der Waals surface area contributed by atoms with Crippen molar-refractivity contribution in [3.63, 3.8) is 0 Å². The van der Waals surface area contributed by atoms with Crippen LogP contribution in [0.25, 0.3) is 0 Å². The molecule has 0 heterocycles. The van der Waals surface area contributed by atoms with Crippen LogP contribution < -0.4 is 10.1 Å². The Labute approximate surface area is 87.8 Å². The van der Waals surface area contributed by atoms with Crippen LogP contribution in [-0.2, 0) is 4.79 Å². The number of amides is 1. The Morgan fingerprint density at radius 1 is 1.40 bits per heavy atom. The van der Waals surface area contributed by atoms with Crippen LogP contribution in [0.5, 0.6) is 5.75 Å². The molecule has 1 aromatic carbocycles. The fraction of sp³-hybridized carbons (Fsp3) is 0.125. The lowest BCUT2D eigenvalue weighted by atomic mass is 10.3. The first-order chi connectivity index (χ1) is 6.92. The topological polar surface area (TPSA) is 38.3 Å². The molecule has 0 aromatic heterocycles. The van der Waals surface area contributed by atoms with E-state index in [0.29, 0.717) is 0 Å². The van der Waals surface area contributed by atoms with Crippen molar-refractivity contribution in [2.24, 2.45) is 0 Å². The van der Waals surface area contributed by atoms with Crippen molar-refractivity contribution >= 4 is 23.7 Å². The first-order valence-electron chi connectivity index (χ1n) is 3.68. The number of hydrogen-bond donors (Lipinski definition) is 1. The van der Waals surface area contributed by atoms with Crippen molar-refractivity contribution in [3.8, 4) is 5.75 Å². The molecule has 15 heavy (non-hydrogen) atoms. The number of carbonyl (C=O) groups is 1. The Morgan fingerprint density at radius 2 is 2.07 bits per heavy atom. The highest BCUT2D eigenvalue weighted by molar-refractivity contribution is 6.31. The van der Waals surface area contributed by atoms with Crippen molar-refractivity contribution in [1.29, 1.82) is 0 Å². The van der Waals surface area contributed by atoms with Gasteiger partial charge in [-0.05, 0) is 18.2 Å². The molecule has 1 aromatic rings. The molecule has 82 valence electrons. The fourth-order valence-electron chi connectivity index (χ4n) is 0.892. The maximum absolute atomic E-state index is 11.9. The van der Waals surface area contributed by atoms with Crippen LogP contribution in [0.4, 0.5) is 18.9 Å². The number of hydrogen-bond acceptors (Lipinski definition) is 2. The van der Waals surface area contributed by atoms with E-state index in [9.17, 15) is 18.0 Å². The fourth-order valence-corrected chi connectivity index (χ4v) is 1.06. The average Bonchev–Trinajstić information content (AvgIpc) is 2.08. The highest BCUT2D eigenvalue weighted by atomic mass is 35.5. The summed E-state index contributed by atoms with van der Waals surface area (Å²) in [6.07, 6.45) is -4.58. The molecule has 3 nitrogen and oxygen atoms in total. The van der Waals surface area contributed by atoms with Crippen molar-refractivity contribution in [1.82, 2.24) is 0 Å². The average molecular weight is 240 g/mol. The smallest absolute Gasteiger partial charge is 0.404 e. The molecule has 0 saturated carbocycles. The summed E-state index contributed by atoms with van der Waals surface area (Å²) in [7, 11) is 0. The van der Waals surface area contributed by atoms with Gasteiger partial charge in [-0.25, -0.2) is 0 Å². The predicted molar refractivity (Wildman–Crippen MR) is 47.8 cm³/mol. The van der Waals surface area contributed by atoms with Crippen LogP contribution >= 0.6 is 11.6 Å². The summed E-state index contributed by atoms with van der Waals surface area (Å²) in [5, 5.41) is 2.24. The van der Waals surface area contributed by atoms with E-state index < -0.39 is 12.1 Å². The number of nitrogens with one attached hydrogen (secondary N) is 1. The molecular formula is C8H5ClF3NO2. The second kappa shape index (κ2) is 4.39. The third-order valence-electron chi connectivity index (χ3n) is 1.38. The molecule has 0 spiro atoms. The van der Waals surface area contributed by atoms with E-state index in [0.717, 1.165) is 12.1 Å². The number of benzene rings is 1. The Balaban J connectivity index is 3.00. The highest BCUT2D eigenvalue weighted by Crippen LogP contribution is 2.32. The van der Waals surface area contributed by atoms with Gasteiger partial charge in [-0.3, -0.25) is 4.79 Å². The second-order valence-corrected chi connectivity index (χ2v) is 2.89. The van der Waals surface area contributed by atoms with E-state index in [2.05, 4.69) is 4.74 Å². The molecule has 0 fully saturated rings. The number of carbonyl (C=O) groups excluding carboxylic acids is 1. The van der Waals surface area contributed by atoms with E-state index in [1.807, 2.05) is 5.32 Å². The molecule has 0 saturated heterocycles.